The van der Waals surface area contributed by atoms with E-state index in [1.165, 1.54) is 44.8 Å². The van der Waals surface area contributed by atoms with Gasteiger partial charge in [-0.15, -0.1) is 11.3 Å². The Balaban J connectivity index is 0.000000176. The van der Waals surface area contributed by atoms with Crippen LogP contribution < -0.4 is 10.6 Å². The van der Waals surface area contributed by atoms with Crippen LogP contribution in [0, 0.1) is 25.5 Å². The van der Waals surface area contributed by atoms with Crippen LogP contribution in [0.1, 0.15) is 11.1 Å². The first-order valence-electron chi connectivity index (χ1n) is 12.7. The Morgan fingerprint density at radius 3 is 1.75 bits per heavy atom. The number of benzene rings is 5. The van der Waals surface area contributed by atoms with Crippen molar-refractivity contribution < 1.29 is 8.78 Å². The summed E-state index contributed by atoms with van der Waals surface area (Å²) < 4.78 is 28.1. The normalized spacial score (nSPS) is 10.6. The van der Waals surface area contributed by atoms with Crippen molar-refractivity contribution in [2.75, 3.05) is 10.6 Å². The van der Waals surface area contributed by atoms with Crippen LogP contribution >= 0.6 is 27.3 Å². The molecule has 6 aromatic rings. The Bertz CT molecular complexity index is 1710. The van der Waals surface area contributed by atoms with Gasteiger partial charge in [-0.2, -0.15) is 0 Å². The quantitative estimate of drug-likeness (QED) is 0.202. The van der Waals surface area contributed by atoms with Gasteiger partial charge in [0.1, 0.15) is 11.6 Å². The summed E-state index contributed by atoms with van der Waals surface area (Å²) in [4.78, 5) is 1.25. The minimum Gasteiger partial charge on any atom is -0.355 e. The molecule has 0 radical (unpaired) electrons. The van der Waals surface area contributed by atoms with Gasteiger partial charge in [-0.25, -0.2) is 8.78 Å². The molecule has 6 rings (SSSR count). The molecule has 0 amide bonds. The van der Waals surface area contributed by atoms with E-state index in [-0.39, 0.29) is 11.6 Å². The lowest BCUT2D eigenvalue weighted by Gasteiger charge is -2.11. The summed E-state index contributed by atoms with van der Waals surface area (Å²) in [6.45, 7) is 4.10. The standard InChI is InChI=1S/C21H16FNS.C13H11BrFN/c1-14-6-7-16(21-13-15-4-2-3-5-20(15)24-21)12-19(14)23-18-10-8-17(22)9-11-18;1-9-2-3-10(14)8-13(9)16-12-6-4-11(15)5-7-12/h2-13,23H,1H3;2-8,16H,1H3. The first-order valence-corrected chi connectivity index (χ1v) is 14.4. The maximum atomic E-state index is 13.1. The molecular weight excluding hydrogens is 586 g/mol. The fraction of sp³-hybridized carbons (Fsp3) is 0.0588. The lowest BCUT2D eigenvalue weighted by atomic mass is 10.1. The summed E-state index contributed by atoms with van der Waals surface area (Å²) in [5.74, 6) is -0.451. The second kappa shape index (κ2) is 12.5. The smallest absolute Gasteiger partial charge is 0.123 e. The van der Waals surface area contributed by atoms with Gasteiger partial charge in [-0.1, -0.05) is 52.3 Å². The van der Waals surface area contributed by atoms with E-state index in [4.69, 9.17) is 0 Å². The van der Waals surface area contributed by atoms with Gasteiger partial charge >= 0.3 is 0 Å². The molecule has 0 aliphatic rings. The van der Waals surface area contributed by atoms with Crippen molar-refractivity contribution in [2.45, 2.75) is 13.8 Å². The Morgan fingerprint density at radius 2 is 1.15 bits per heavy atom. The molecule has 40 heavy (non-hydrogen) atoms. The van der Waals surface area contributed by atoms with E-state index < -0.39 is 0 Å². The third-order valence-electron chi connectivity index (χ3n) is 6.39. The van der Waals surface area contributed by atoms with Gasteiger partial charge in [-0.05, 0) is 115 Å². The van der Waals surface area contributed by atoms with Crippen molar-refractivity contribution in [3.63, 3.8) is 0 Å². The number of aryl methyl sites for hydroxylation is 2. The van der Waals surface area contributed by atoms with E-state index in [0.29, 0.717) is 0 Å². The SMILES string of the molecule is Cc1ccc(-c2cc3ccccc3s2)cc1Nc1ccc(F)cc1.Cc1ccc(Br)cc1Nc1ccc(F)cc1. The topological polar surface area (TPSA) is 24.1 Å². The molecule has 0 atom stereocenters. The van der Waals surface area contributed by atoms with E-state index in [0.717, 1.165) is 38.3 Å². The summed E-state index contributed by atoms with van der Waals surface area (Å²) in [5.41, 5.74) is 7.30. The van der Waals surface area contributed by atoms with Crippen molar-refractivity contribution in [3.8, 4) is 10.4 Å². The molecule has 0 unspecified atom stereocenters. The van der Waals surface area contributed by atoms with Crippen LogP contribution in [0.3, 0.4) is 0 Å². The minimum atomic E-state index is -0.226. The van der Waals surface area contributed by atoms with Crippen LogP contribution in [0.2, 0.25) is 0 Å². The maximum Gasteiger partial charge on any atom is 0.123 e. The van der Waals surface area contributed by atoms with Gasteiger partial charge in [-0.3, -0.25) is 0 Å². The Kier molecular flexibility index (Phi) is 8.58. The second-order valence-electron chi connectivity index (χ2n) is 9.40. The van der Waals surface area contributed by atoms with E-state index >= 15 is 0 Å². The molecule has 0 fully saturated rings. The molecule has 0 spiro atoms. The predicted octanol–water partition coefficient (Wildman–Crippen LogP) is 11.4. The first-order chi connectivity index (χ1) is 19.3. The largest absolute Gasteiger partial charge is 0.355 e. The molecule has 2 nitrogen and oxygen atoms in total. The fourth-order valence-electron chi connectivity index (χ4n) is 4.14. The van der Waals surface area contributed by atoms with Gasteiger partial charge < -0.3 is 10.6 Å². The van der Waals surface area contributed by atoms with Crippen molar-refractivity contribution in [2.24, 2.45) is 0 Å². The molecule has 0 aliphatic carbocycles. The lowest BCUT2D eigenvalue weighted by Crippen LogP contribution is -1.93. The average Bonchev–Trinajstić information content (AvgIpc) is 3.39. The highest BCUT2D eigenvalue weighted by molar-refractivity contribution is 9.10. The highest BCUT2D eigenvalue weighted by atomic mass is 79.9. The van der Waals surface area contributed by atoms with Gasteiger partial charge in [0.2, 0.25) is 0 Å². The average molecular weight is 614 g/mol. The number of anilines is 4. The van der Waals surface area contributed by atoms with Crippen LogP contribution in [0.15, 0.2) is 120 Å². The molecule has 5 aromatic carbocycles. The highest BCUT2D eigenvalue weighted by Gasteiger charge is 2.07. The second-order valence-corrected chi connectivity index (χ2v) is 11.4. The zero-order valence-corrected chi connectivity index (χ0v) is 24.4. The van der Waals surface area contributed by atoms with Gasteiger partial charge in [0.05, 0.1) is 0 Å². The van der Waals surface area contributed by atoms with E-state index in [9.17, 15) is 8.78 Å². The number of fused-ring (bicyclic) bond motifs is 1. The summed E-state index contributed by atoms with van der Waals surface area (Å²) in [7, 11) is 0. The molecule has 0 bridgehead atoms. The maximum absolute atomic E-state index is 13.1. The van der Waals surface area contributed by atoms with Gasteiger partial charge in [0.15, 0.2) is 0 Å². The number of halogens is 3. The van der Waals surface area contributed by atoms with Crippen molar-refractivity contribution in [3.05, 3.63) is 142 Å². The zero-order valence-electron chi connectivity index (χ0n) is 22.0. The summed E-state index contributed by atoms with van der Waals surface area (Å²) >= 11 is 5.22. The van der Waals surface area contributed by atoms with Crippen molar-refractivity contribution in [1.82, 2.24) is 0 Å². The molecular formula is C34H27BrF2N2S. The highest BCUT2D eigenvalue weighted by Crippen LogP contribution is 2.35. The van der Waals surface area contributed by atoms with Crippen LogP contribution in [0.5, 0.6) is 0 Å². The van der Waals surface area contributed by atoms with E-state index in [1.54, 1.807) is 35.6 Å². The van der Waals surface area contributed by atoms with Gasteiger partial charge in [0, 0.05) is 36.8 Å². The molecule has 200 valence electrons. The van der Waals surface area contributed by atoms with Crippen LogP contribution in [0.4, 0.5) is 31.5 Å². The number of hydrogen-bond acceptors (Lipinski definition) is 3. The molecule has 2 N–H and O–H groups in total. The summed E-state index contributed by atoms with van der Waals surface area (Å²) in [6.07, 6.45) is 0. The molecule has 6 heteroatoms. The predicted molar refractivity (Wildman–Crippen MR) is 170 cm³/mol. The summed E-state index contributed by atoms with van der Waals surface area (Å²) in [6, 6.07) is 35.8. The zero-order chi connectivity index (χ0) is 28.1. The van der Waals surface area contributed by atoms with Crippen molar-refractivity contribution >= 4 is 60.1 Å². The number of nitrogens with one attached hydrogen (secondary N) is 2. The first kappa shape index (κ1) is 27.6. The molecule has 1 aromatic heterocycles. The van der Waals surface area contributed by atoms with Crippen LogP contribution in [0.25, 0.3) is 20.5 Å². The summed E-state index contributed by atoms with van der Waals surface area (Å²) in [5, 5.41) is 7.89. The third kappa shape index (κ3) is 6.95. The van der Waals surface area contributed by atoms with E-state index in [2.05, 4.69) is 82.0 Å². The molecule has 1 heterocycles. The Morgan fingerprint density at radius 1 is 0.600 bits per heavy atom. The molecule has 0 saturated carbocycles. The lowest BCUT2D eigenvalue weighted by molar-refractivity contribution is 0.627. The molecule has 0 saturated heterocycles. The Hall–Kier alpha value is -4.00. The Labute approximate surface area is 245 Å². The van der Waals surface area contributed by atoms with E-state index in [1.807, 2.05) is 25.1 Å². The van der Waals surface area contributed by atoms with Crippen LogP contribution in [-0.4, -0.2) is 0 Å². The minimum absolute atomic E-state index is 0.225. The van der Waals surface area contributed by atoms with Gasteiger partial charge in [0.25, 0.3) is 0 Å². The number of rotatable bonds is 5. The fourth-order valence-corrected chi connectivity index (χ4v) is 5.56. The number of hydrogen-bond donors (Lipinski definition) is 2. The number of thiophene rings is 1. The van der Waals surface area contributed by atoms with Crippen LogP contribution in [-0.2, 0) is 0 Å². The van der Waals surface area contributed by atoms with Crippen molar-refractivity contribution in [1.29, 1.82) is 0 Å². The molecule has 0 aliphatic heterocycles. The third-order valence-corrected chi connectivity index (χ3v) is 8.05. The monoisotopic (exact) mass is 612 g/mol.